The highest BCUT2D eigenvalue weighted by atomic mass is 16.7. The van der Waals surface area contributed by atoms with E-state index in [1.54, 1.807) is 0 Å². The zero-order chi connectivity index (χ0) is 15.5. The van der Waals surface area contributed by atoms with Crippen molar-refractivity contribution in [2.45, 2.75) is 58.7 Å². The number of benzene rings is 1. The molecule has 2 aliphatic rings. The molecule has 0 bridgehead atoms. The molecule has 1 aliphatic heterocycles. The van der Waals surface area contributed by atoms with Crippen LogP contribution in [-0.4, -0.2) is 24.1 Å². The van der Waals surface area contributed by atoms with Crippen LogP contribution in [0.25, 0.3) is 0 Å². The molecule has 112 valence electrons. The van der Waals surface area contributed by atoms with E-state index < -0.39 is 0 Å². The first-order chi connectivity index (χ1) is 9.65. The summed E-state index contributed by atoms with van der Waals surface area (Å²) < 4.78 is 12.0. The van der Waals surface area contributed by atoms with Crippen LogP contribution in [-0.2, 0) is 9.31 Å². The van der Waals surface area contributed by atoms with E-state index >= 15 is 0 Å². The molecule has 1 aromatic rings. The lowest BCUT2D eigenvalue weighted by atomic mass is 9.78. The van der Waals surface area contributed by atoms with E-state index in [0.717, 1.165) is 23.9 Å². The first kappa shape index (κ1) is 14.8. The topological polar surface area (TPSA) is 35.5 Å². The molecule has 2 fully saturated rings. The maximum Gasteiger partial charge on any atom is 0.494 e. The van der Waals surface area contributed by atoms with Crippen LogP contribution in [0.3, 0.4) is 0 Å². The molecule has 0 amide bonds. The fourth-order valence-electron chi connectivity index (χ4n) is 2.53. The summed E-state index contributed by atoms with van der Waals surface area (Å²) in [4.78, 5) is 12.3. The Morgan fingerprint density at radius 2 is 1.43 bits per heavy atom. The quantitative estimate of drug-likeness (QED) is 0.633. The maximum absolute atomic E-state index is 12.3. The van der Waals surface area contributed by atoms with Gasteiger partial charge in [-0.05, 0) is 46.0 Å². The van der Waals surface area contributed by atoms with Gasteiger partial charge in [0.1, 0.15) is 0 Å². The van der Waals surface area contributed by atoms with Gasteiger partial charge in [0.2, 0.25) is 0 Å². The fourth-order valence-corrected chi connectivity index (χ4v) is 2.53. The zero-order valence-electron chi connectivity index (χ0n) is 13.5. The summed E-state index contributed by atoms with van der Waals surface area (Å²) in [5.74, 6) is 0.253. The Morgan fingerprint density at radius 3 is 1.86 bits per heavy atom. The van der Waals surface area contributed by atoms with E-state index in [1.807, 2.05) is 58.9 Å². The number of ketones is 1. The Hall–Kier alpha value is -1.13. The molecule has 3 rings (SSSR count). The normalized spacial score (nSPS) is 24.9. The lowest BCUT2D eigenvalue weighted by Gasteiger charge is -2.32. The summed E-state index contributed by atoms with van der Waals surface area (Å²) in [6.45, 7) is 10.2. The predicted octanol–water partition coefficient (Wildman–Crippen LogP) is 2.97. The van der Waals surface area contributed by atoms with Crippen molar-refractivity contribution >= 4 is 18.4 Å². The maximum atomic E-state index is 12.3. The Labute approximate surface area is 127 Å². The molecular formula is C17H23BO3. The predicted molar refractivity (Wildman–Crippen MR) is 83.8 cm³/mol. The second kappa shape index (κ2) is 4.44. The lowest BCUT2D eigenvalue weighted by Crippen LogP contribution is -2.41. The second-order valence-corrected chi connectivity index (χ2v) is 7.60. The minimum Gasteiger partial charge on any atom is -0.399 e. The molecule has 0 unspecified atom stereocenters. The van der Waals surface area contributed by atoms with Gasteiger partial charge in [-0.15, -0.1) is 0 Å². The van der Waals surface area contributed by atoms with Crippen LogP contribution < -0.4 is 5.46 Å². The van der Waals surface area contributed by atoms with Crippen LogP contribution in [0.2, 0.25) is 0 Å². The summed E-state index contributed by atoms with van der Waals surface area (Å²) in [5.41, 5.74) is 0.953. The third kappa shape index (κ3) is 2.45. The van der Waals surface area contributed by atoms with E-state index in [2.05, 4.69) is 0 Å². The van der Waals surface area contributed by atoms with Gasteiger partial charge in [-0.1, -0.05) is 31.2 Å². The second-order valence-electron chi connectivity index (χ2n) is 7.60. The van der Waals surface area contributed by atoms with E-state index in [4.69, 9.17) is 9.31 Å². The molecule has 1 aliphatic carbocycles. The number of hydrogen-bond acceptors (Lipinski definition) is 3. The van der Waals surface area contributed by atoms with E-state index in [-0.39, 0.29) is 29.5 Å². The van der Waals surface area contributed by atoms with Crippen molar-refractivity contribution in [3.05, 3.63) is 29.8 Å². The third-order valence-electron chi connectivity index (χ3n) is 5.25. The minimum absolute atomic E-state index is 0.119. The molecule has 3 nitrogen and oxygen atoms in total. The average molecular weight is 286 g/mol. The largest absolute Gasteiger partial charge is 0.494 e. The molecular weight excluding hydrogens is 263 g/mol. The number of hydrogen-bond donors (Lipinski definition) is 0. The number of carbonyl (C=O) groups is 1. The van der Waals surface area contributed by atoms with E-state index in [9.17, 15) is 4.79 Å². The molecule has 21 heavy (non-hydrogen) atoms. The van der Waals surface area contributed by atoms with Crippen molar-refractivity contribution in [1.29, 1.82) is 0 Å². The summed E-state index contributed by atoms with van der Waals surface area (Å²) in [6, 6.07) is 7.68. The van der Waals surface area contributed by atoms with Crippen molar-refractivity contribution in [1.82, 2.24) is 0 Å². The van der Waals surface area contributed by atoms with Crippen molar-refractivity contribution < 1.29 is 14.1 Å². The van der Waals surface area contributed by atoms with Gasteiger partial charge < -0.3 is 9.31 Å². The molecule has 1 heterocycles. The fraction of sp³-hybridized carbons (Fsp3) is 0.588. The van der Waals surface area contributed by atoms with Crippen LogP contribution in [0.1, 0.15) is 57.8 Å². The van der Waals surface area contributed by atoms with Crippen molar-refractivity contribution in [2.75, 3.05) is 0 Å². The van der Waals surface area contributed by atoms with Gasteiger partial charge in [0.25, 0.3) is 0 Å². The molecule has 1 saturated heterocycles. The number of Topliss-reactive ketones (excluding diaryl/α,β-unsaturated/α-hetero) is 1. The molecule has 1 saturated carbocycles. The molecule has 0 radical (unpaired) electrons. The van der Waals surface area contributed by atoms with Crippen molar-refractivity contribution in [3.8, 4) is 0 Å². The highest BCUT2D eigenvalue weighted by Gasteiger charge is 2.51. The van der Waals surface area contributed by atoms with Gasteiger partial charge in [-0.3, -0.25) is 4.79 Å². The molecule has 0 N–H and O–H groups in total. The standard InChI is InChI=1S/C17H23BO3/c1-15(2)16(3,4)21-18(20-15)13-8-6-12(7-9-13)14(19)17(5)10-11-17/h6-9H,10-11H2,1-5H3. The molecule has 0 aromatic heterocycles. The number of carbonyl (C=O) groups excluding carboxylic acids is 1. The molecule has 1 aromatic carbocycles. The van der Waals surface area contributed by atoms with Crippen LogP contribution in [0.4, 0.5) is 0 Å². The van der Waals surface area contributed by atoms with Crippen LogP contribution in [0, 0.1) is 5.41 Å². The van der Waals surface area contributed by atoms with Gasteiger partial charge in [-0.25, -0.2) is 0 Å². The smallest absolute Gasteiger partial charge is 0.399 e. The highest BCUT2D eigenvalue weighted by molar-refractivity contribution is 6.62. The van der Waals surface area contributed by atoms with Crippen LogP contribution >= 0.6 is 0 Å². The summed E-state index contributed by atoms with van der Waals surface area (Å²) in [6.07, 6.45) is 2.01. The Balaban J connectivity index is 1.78. The average Bonchev–Trinajstić information content (AvgIpc) is 3.11. The van der Waals surface area contributed by atoms with Gasteiger partial charge in [0, 0.05) is 11.0 Å². The zero-order valence-corrected chi connectivity index (χ0v) is 13.5. The van der Waals surface area contributed by atoms with Crippen molar-refractivity contribution in [3.63, 3.8) is 0 Å². The lowest BCUT2D eigenvalue weighted by molar-refractivity contribution is 0.00578. The third-order valence-corrected chi connectivity index (χ3v) is 5.25. The molecule has 0 spiro atoms. The highest BCUT2D eigenvalue weighted by Crippen LogP contribution is 2.47. The van der Waals surface area contributed by atoms with Crippen LogP contribution in [0.5, 0.6) is 0 Å². The van der Waals surface area contributed by atoms with Gasteiger partial charge in [0.15, 0.2) is 5.78 Å². The summed E-state index contributed by atoms with van der Waals surface area (Å²) in [5, 5.41) is 0. The van der Waals surface area contributed by atoms with Gasteiger partial charge in [-0.2, -0.15) is 0 Å². The summed E-state index contributed by atoms with van der Waals surface area (Å²) >= 11 is 0. The van der Waals surface area contributed by atoms with Gasteiger partial charge >= 0.3 is 7.12 Å². The van der Waals surface area contributed by atoms with E-state index in [1.165, 1.54) is 0 Å². The van der Waals surface area contributed by atoms with Crippen molar-refractivity contribution in [2.24, 2.45) is 5.41 Å². The molecule has 0 atom stereocenters. The first-order valence-electron chi connectivity index (χ1n) is 7.65. The Kier molecular flexibility index (Phi) is 3.13. The Bertz CT molecular complexity index is 554. The number of rotatable bonds is 3. The first-order valence-corrected chi connectivity index (χ1v) is 7.65. The monoisotopic (exact) mass is 286 g/mol. The SMILES string of the molecule is CC1(C(=O)c2ccc(B3OC(C)(C)C(C)(C)O3)cc2)CC1. The summed E-state index contributed by atoms with van der Waals surface area (Å²) in [7, 11) is -0.365. The Morgan fingerprint density at radius 1 is 0.952 bits per heavy atom. The van der Waals surface area contributed by atoms with Crippen LogP contribution in [0.15, 0.2) is 24.3 Å². The molecule has 4 heteroatoms. The van der Waals surface area contributed by atoms with E-state index in [0.29, 0.717) is 0 Å². The van der Waals surface area contributed by atoms with Gasteiger partial charge in [0.05, 0.1) is 11.2 Å². The minimum atomic E-state index is -0.365.